The monoisotopic (exact) mass is 219 g/mol. The Kier molecular flexibility index (Phi) is 3.71. The van der Waals surface area contributed by atoms with Crippen LogP contribution >= 0.6 is 0 Å². The number of H-pyrrole nitrogens is 2. The summed E-state index contributed by atoms with van der Waals surface area (Å²) in [5, 5.41) is 3.36. The Morgan fingerprint density at radius 1 is 1.38 bits per heavy atom. The molecule has 0 unspecified atom stereocenters. The minimum absolute atomic E-state index is 0.846. The first-order valence-electron chi connectivity index (χ1n) is 5.54. The van der Waals surface area contributed by atoms with E-state index in [2.05, 4.69) is 25.3 Å². The van der Waals surface area contributed by atoms with Gasteiger partial charge in [0, 0.05) is 37.3 Å². The van der Waals surface area contributed by atoms with Crippen molar-refractivity contribution in [1.82, 2.24) is 25.3 Å². The van der Waals surface area contributed by atoms with Crippen molar-refractivity contribution < 1.29 is 0 Å². The third-order valence-electron chi connectivity index (χ3n) is 2.39. The Hall–Kier alpha value is -1.62. The van der Waals surface area contributed by atoms with Gasteiger partial charge in [0.05, 0.1) is 0 Å². The van der Waals surface area contributed by atoms with Crippen LogP contribution in [0.15, 0.2) is 18.6 Å². The van der Waals surface area contributed by atoms with Crippen LogP contribution in [0.25, 0.3) is 0 Å². The molecule has 0 aliphatic carbocycles. The van der Waals surface area contributed by atoms with Crippen molar-refractivity contribution in [2.75, 3.05) is 6.54 Å². The third-order valence-corrected chi connectivity index (χ3v) is 2.39. The van der Waals surface area contributed by atoms with Gasteiger partial charge in [0.25, 0.3) is 0 Å². The minimum Gasteiger partial charge on any atom is -0.349 e. The zero-order valence-electron chi connectivity index (χ0n) is 9.45. The number of aromatic amines is 2. The number of nitrogens with one attached hydrogen (secondary N) is 3. The fourth-order valence-corrected chi connectivity index (χ4v) is 1.60. The smallest absolute Gasteiger partial charge is 0.106 e. The maximum Gasteiger partial charge on any atom is 0.106 e. The van der Waals surface area contributed by atoms with E-state index in [1.165, 1.54) is 0 Å². The minimum atomic E-state index is 0.846. The van der Waals surface area contributed by atoms with Crippen molar-refractivity contribution >= 4 is 0 Å². The molecule has 2 rings (SSSR count). The largest absolute Gasteiger partial charge is 0.349 e. The van der Waals surface area contributed by atoms with Crippen molar-refractivity contribution in [1.29, 1.82) is 0 Å². The van der Waals surface area contributed by atoms with Crippen molar-refractivity contribution in [3.63, 3.8) is 0 Å². The Bertz CT molecular complexity index is 404. The van der Waals surface area contributed by atoms with E-state index in [0.29, 0.717) is 0 Å². The maximum absolute atomic E-state index is 4.18. The highest BCUT2D eigenvalue weighted by Crippen LogP contribution is 1.96. The lowest BCUT2D eigenvalue weighted by molar-refractivity contribution is 0.634. The van der Waals surface area contributed by atoms with Crippen molar-refractivity contribution in [3.8, 4) is 0 Å². The number of hydrogen-bond acceptors (Lipinski definition) is 3. The van der Waals surface area contributed by atoms with Crippen LogP contribution in [0, 0.1) is 6.92 Å². The molecule has 0 fully saturated rings. The summed E-state index contributed by atoms with van der Waals surface area (Å²) in [6, 6.07) is 0. The molecule has 3 N–H and O–H groups in total. The summed E-state index contributed by atoms with van der Waals surface area (Å²) in [7, 11) is 0. The lowest BCUT2D eigenvalue weighted by Gasteiger charge is -2.01. The number of nitrogens with zero attached hydrogens (tertiary/aromatic N) is 2. The fourth-order valence-electron chi connectivity index (χ4n) is 1.60. The van der Waals surface area contributed by atoms with E-state index in [-0.39, 0.29) is 0 Å². The summed E-state index contributed by atoms with van der Waals surface area (Å²) in [6.45, 7) is 3.79. The molecule has 5 nitrogen and oxygen atoms in total. The zero-order valence-corrected chi connectivity index (χ0v) is 9.45. The predicted octanol–water partition coefficient (Wildman–Crippen LogP) is 1.16. The number of aryl methyl sites for hydroxylation is 2. The fraction of sp³-hybridized carbons (Fsp3) is 0.455. The topological polar surface area (TPSA) is 69.4 Å². The van der Waals surface area contributed by atoms with E-state index >= 15 is 0 Å². The molecule has 2 aromatic rings. The van der Waals surface area contributed by atoms with Crippen LogP contribution in [0.1, 0.15) is 23.8 Å². The molecule has 2 heterocycles. The number of imidazole rings is 2. The van der Waals surface area contributed by atoms with Crippen LogP contribution in [0.4, 0.5) is 0 Å². The Balaban J connectivity index is 1.59. The molecule has 0 bridgehead atoms. The van der Waals surface area contributed by atoms with Gasteiger partial charge in [-0.25, -0.2) is 9.97 Å². The molecule has 2 aromatic heterocycles. The van der Waals surface area contributed by atoms with Gasteiger partial charge in [-0.1, -0.05) is 0 Å². The molecule has 0 radical (unpaired) electrons. The van der Waals surface area contributed by atoms with Gasteiger partial charge < -0.3 is 15.3 Å². The molecule has 0 spiro atoms. The first-order valence-corrected chi connectivity index (χ1v) is 5.54. The van der Waals surface area contributed by atoms with E-state index in [4.69, 9.17) is 0 Å². The number of rotatable bonds is 6. The second-order valence-electron chi connectivity index (χ2n) is 3.81. The van der Waals surface area contributed by atoms with Gasteiger partial charge in [-0.15, -0.1) is 0 Å². The van der Waals surface area contributed by atoms with Gasteiger partial charge in [-0.2, -0.15) is 0 Å². The predicted molar refractivity (Wildman–Crippen MR) is 61.9 cm³/mol. The Morgan fingerprint density at radius 2 is 2.31 bits per heavy atom. The summed E-state index contributed by atoms with van der Waals surface area (Å²) in [5.41, 5.74) is 1.13. The first kappa shape index (κ1) is 10.9. The van der Waals surface area contributed by atoms with Crippen LogP contribution in [-0.4, -0.2) is 26.5 Å². The second-order valence-corrected chi connectivity index (χ2v) is 3.81. The van der Waals surface area contributed by atoms with Crippen molar-refractivity contribution in [2.24, 2.45) is 0 Å². The molecule has 86 valence electrons. The molecule has 0 aromatic carbocycles. The average molecular weight is 219 g/mol. The third kappa shape index (κ3) is 3.20. The second kappa shape index (κ2) is 5.46. The van der Waals surface area contributed by atoms with Gasteiger partial charge in [0.1, 0.15) is 11.6 Å². The summed E-state index contributed by atoms with van der Waals surface area (Å²) in [5.74, 6) is 2.02. The van der Waals surface area contributed by atoms with E-state index in [1.807, 2.05) is 19.3 Å². The molecule has 0 aliphatic heterocycles. The Morgan fingerprint density at radius 3 is 3.00 bits per heavy atom. The molecular weight excluding hydrogens is 202 g/mol. The normalized spacial score (nSPS) is 10.8. The lowest BCUT2D eigenvalue weighted by atomic mass is 10.3. The van der Waals surface area contributed by atoms with E-state index in [9.17, 15) is 0 Å². The molecule has 0 saturated carbocycles. The maximum atomic E-state index is 4.18. The molecule has 16 heavy (non-hydrogen) atoms. The summed E-state index contributed by atoms with van der Waals surface area (Å²) in [6.07, 6.45) is 7.59. The van der Waals surface area contributed by atoms with E-state index in [0.717, 1.165) is 43.3 Å². The van der Waals surface area contributed by atoms with E-state index < -0.39 is 0 Å². The van der Waals surface area contributed by atoms with Crippen molar-refractivity contribution in [3.05, 3.63) is 35.9 Å². The van der Waals surface area contributed by atoms with Crippen LogP contribution in [0.3, 0.4) is 0 Å². The van der Waals surface area contributed by atoms with Gasteiger partial charge in [-0.05, 0) is 19.9 Å². The number of hydrogen-bond donors (Lipinski definition) is 3. The Labute approximate surface area is 94.7 Å². The summed E-state index contributed by atoms with van der Waals surface area (Å²) >= 11 is 0. The highest BCUT2D eigenvalue weighted by atomic mass is 15.0. The first-order chi connectivity index (χ1) is 7.84. The SMILES string of the molecule is Cc1ncc(CNCCCc2ncc[nH]2)[nH]1. The lowest BCUT2D eigenvalue weighted by Crippen LogP contribution is -2.15. The molecule has 0 atom stereocenters. The summed E-state index contributed by atoms with van der Waals surface area (Å²) < 4.78 is 0. The molecule has 0 amide bonds. The molecule has 5 heteroatoms. The molecule has 0 aliphatic rings. The zero-order chi connectivity index (χ0) is 11.2. The van der Waals surface area contributed by atoms with Crippen LogP contribution in [-0.2, 0) is 13.0 Å². The van der Waals surface area contributed by atoms with Gasteiger partial charge in [-0.3, -0.25) is 0 Å². The average Bonchev–Trinajstić information content (AvgIpc) is 2.89. The summed E-state index contributed by atoms with van der Waals surface area (Å²) in [4.78, 5) is 14.6. The molecular formula is C11H17N5. The van der Waals surface area contributed by atoms with E-state index in [1.54, 1.807) is 6.20 Å². The standard InChI is InChI=1S/C11H17N5/c1-9-15-8-10(16-9)7-12-4-2-3-11-13-5-6-14-11/h5-6,8,12H,2-4,7H2,1H3,(H,13,14)(H,15,16). The highest BCUT2D eigenvalue weighted by Gasteiger charge is 1.97. The number of aromatic nitrogens is 4. The quantitative estimate of drug-likeness (QED) is 0.639. The van der Waals surface area contributed by atoms with Crippen LogP contribution in [0.2, 0.25) is 0 Å². The van der Waals surface area contributed by atoms with Gasteiger partial charge >= 0.3 is 0 Å². The van der Waals surface area contributed by atoms with Crippen molar-refractivity contribution in [2.45, 2.75) is 26.3 Å². The van der Waals surface area contributed by atoms with Gasteiger partial charge in [0.15, 0.2) is 0 Å². The van der Waals surface area contributed by atoms with Gasteiger partial charge in [0.2, 0.25) is 0 Å². The van der Waals surface area contributed by atoms with Crippen LogP contribution < -0.4 is 5.32 Å². The van der Waals surface area contributed by atoms with Crippen LogP contribution in [0.5, 0.6) is 0 Å². The highest BCUT2D eigenvalue weighted by molar-refractivity contribution is 4.99. The molecule has 0 saturated heterocycles.